The Labute approximate surface area is 233 Å². The first-order valence-electron chi connectivity index (χ1n) is 10.1. The molecule has 0 saturated heterocycles. The zero-order chi connectivity index (χ0) is 29.4. The molecular weight excluding hydrogens is 663 g/mol. The molecule has 0 aliphatic heterocycles. The van der Waals surface area contributed by atoms with Gasteiger partial charge in [-0.15, -0.1) is 20.4 Å². The minimum atomic E-state index is -5.75. The van der Waals surface area contributed by atoms with Crippen molar-refractivity contribution >= 4 is 77.7 Å². The van der Waals surface area contributed by atoms with Gasteiger partial charge in [-0.25, -0.2) is 16.8 Å². The molecule has 0 fully saturated rings. The van der Waals surface area contributed by atoms with E-state index in [1.54, 1.807) is 38.1 Å². The van der Waals surface area contributed by atoms with Gasteiger partial charge in [0.15, 0.2) is 0 Å². The molecule has 0 bridgehead atoms. The fraction of sp³-hybridized carbons (Fsp3) is 0.111. The average Bonchev–Trinajstić information content (AvgIpc) is 3.40. The average molecular weight is 686 g/mol. The Balaban J connectivity index is 0.000000234. The summed E-state index contributed by atoms with van der Waals surface area (Å²) in [5.41, 5.74) is 8.91. The summed E-state index contributed by atoms with van der Waals surface area (Å²) in [5, 5.41) is 16.8. The molecule has 0 unspecified atom stereocenters. The molecule has 8 N–H and O–H groups in total. The van der Waals surface area contributed by atoms with E-state index in [0.717, 1.165) is 11.4 Å². The van der Waals surface area contributed by atoms with E-state index in [1.165, 1.54) is 46.9 Å². The molecule has 39 heavy (non-hydrogen) atoms. The van der Waals surface area contributed by atoms with Crippen molar-refractivity contribution in [2.45, 2.75) is 23.6 Å². The number of aryl methyl sites for hydroxylation is 2. The number of nitrogens with zero attached hydrogens (tertiary/aromatic N) is 4. The van der Waals surface area contributed by atoms with Crippen LogP contribution in [0.2, 0.25) is 0 Å². The zero-order valence-corrected chi connectivity index (χ0v) is 25.1. The van der Waals surface area contributed by atoms with Gasteiger partial charge in [0.2, 0.25) is 10.3 Å². The minimum absolute atomic E-state index is 0.178. The third kappa shape index (κ3) is 11.7. The van der Waals surface area contributed by atoms with Crippen LogP contribution in [0.5, 0.6) is 0 Å². The molecule has 0 amide bonds. The summed E-state index contributed by atoms with van der Waals surface area (Å²) < 4.78 is 86.8. The molecular formula is C18H22N8O8S4Se. The molecule has 16 nitrogen and oxygen atoms in total. The van der Waals surface area contributed by atoms with E-state index in [1.807, 2.05) is 0 Å². The fourth-order valence-electron chi connectivity index (χ4n) is 2.36. The number of hydrogen-bond acceptors (Lipinski definition) is 14. The van der Waals surface area contributed by atoms with E-state index in [-0.39, 0.29) is 20.1 Å². The summed E-state index contributed by atoms with van der Waals surface area (Å²) in [6.45, 7) is 3.51. The normalized spacial score (nSPS) is 11.4. The van der Waals surface area contributed by atoms with Crippen LogP contribution in [-0.2, 0) is 27.7 Å². The first kappa shape index (κ1) is 32.2. The van der Waals surface area contributed by atoms with E-state index in [9.17, 15) is 16.8 Å². The standard InChI is InChI=1S/2C9H10N4O2S2.H2O4Se/c2*1-6-11-12-9(16-6)13-17(14,15)8-4-2-7(10)3-5-8;1-5(2,3)4/h2*2-5H,10H2,1H3,(H,12,13);(H2,1,2,3,4). The van der Waals surface area contributed by atoms with Crippen LogP contribution in [-0.4, -0.2) is 50.6 Å². The molecule has 2 heterocycles. The molecule has 4 aromatic rings. The number of anilines is 2. The molecule has 0 radical (unpaired) electrons. The van der Waals surface area contributed by atoms with Crippen molar-refractivity contribution in [3.05, 3.63) is 58.5 Å². The van der Waals surface area contributed by atoms with Gasteiger partial charge < -0.3 is 11.5 Å². The molecule has 4 rings (SSSR count). The molecule has 0 saturated carbocycles. The van der Waals surface area contributed by atoms with Crippen molar-refractivity contribution in [3.63, 3.8) is 0 Å². The maximum atomic E-state index is 11.9. The van der Waals surface area contributed by atoms with Crippen molar-refractivity contribution in [1.82, 2.24) is 20.4 Å². The van der Waals surface area contributed by atoms with Gasteiger partial charge in [0.05, 0.1) is 9.79 Å². The van der Waals surface area contributed by atoms with Crippen molar-refractivity contribution in [1.29, 1.82) is 0 Å². The topological polar surface area (TPSA) is 279 Å². The maximum absolute atomic E-state index is 11.9. The summed E-state index contributed by atoms with van der Waals surface area (Å²) in [5.74, 6) is 0. The van der Waals surface area contributed by atoms with Gasteiger partial charge in [-0.3, -0.25) is 9.44 Å². The predicted octanol–water partition coefficient (Wildman–Crippen LogP) is -1.95. The molecule has 0 spiro atoms. The molecule has 0 aliphatic carbocycles. The third-order valence-corrected chi connectivity index (χ3v) is 8.44. The monoisotopic (exact) mass is 686 g/mol. The van der Waals surface area contributed by atoms with Gasteiger partial charge >= 0.3 is 29.4 Å². The van der Waals surface area contributed by atoms with Crippen LogP contribution in [0.25, 0.3) is 0 Å². The van der Waals surface area contributed by atoms with Gasteiger partial charge in [-0.1, -0.05) is 22.7 Å². The van der Waals surface area contributed by atoms with Crippen LogP contribution in [0.3, 0.4) is 0 Å². The Bertz CT molecular complexity index is 1590. The van der Waals surface area contributed by atoms with Gasteiger partial charge in [-0.2, -0.15) is 0 Å². The summed E-state index contributed by atoms with van der Waals surface area (Å²) in [6, 6.07) is 12.5. The number of benzene rings is 2. The van der Waals surface area contributed by atoms with Gasteiger partial charge in [0, 0.05) is 24.3 Å². The molecule has 2 aromatic carbocycles. The van der Waals surface area contributed by atoms with Crippen molar-refractivity contribution in [2.75, 3.05) is 9.44 Å². The molecule has 21 heteroatoms. The Morgan fingerprint density at radius 1 is 0.667 bits per heavy atom. The number of aromatic nitrogens is 4. The van der Waals surface area contributed by atoms with Crippen molar-refractivity contribution in [2.24, 2.45) is 0 Å². The number of rotatable bonds is 6. The first-order chi connectivity index (χ1) is 17.9. The van der Waals surface area contributed by atoms with Crippen LogP contribution in [0.1, 0.15) is 10.0 Å². The molecule has 0 aliphatic rings. The van der Waals surface area contributed by atoms with Crippen molar-refractivity contribution < 1.29 is 44.4 Å². The van der Waals surface area contributed by atoms with Gasteiger partial charge in [0.1, 0.15) is 21.4 Å². The van der Waals surface area contributed by atoms with Gasteiger partial charge in [0.25, 0.3) is 20.0 Å². The Morgan fingerprint density at radius 2 is 0.949 bits per heavy atom. The fourth-order valence-corrected chi connectivity index (χ4v) is 6.00. The van der Waals surface area contributed by atoms with Crippen LogP contribution >= 0.6 is 22.7 Å². The first-order valence-corrected chi connectivity index (χ1v) is 17.5. The van der Waals surface area contributed by atoms with E-state index >= 15 is 0 Å². The summed E-state index contributed by atoms with van der Waals surface area (Å²) in [6.07, 6.45) is 0. The summed E-state index contributed by atoms with van der Waals surface area (Å²) in [4.78, 5) is 0.357. The number of hydrogen-bond donors (Lipinski definition) is 4. The Hall–Kier alpha value is -2.98. The second-order valence-corrected chi connectivity index (χ2v) is 14.6. The van der Waals surface area contributed by atoms with Gasteiger partial charge in [-0.05, 0) is 38.1 Å². The Kier molecular flexibility index (Phi) is 11.1. The summed E-state index contributed by atoms with van der Waals surface area (Å²) >= 11 is -3.37. The molecule has 0 atom stereocenters. The predicted molar refractivity (Wildman–Crippen MR) is 136 cm³/mol. The SMILES string of the molecule is Cc1nnc(NS(=O)(=O)c2ccc([NH3+])cc2)s1.Cc1nnc(NS(=O)(=O)c2ccc([NH3+])cc2)s1.O=[Se](=O)([O-])[O-]. The van der Waals surface area contributed by atoms with E-state index in [2.05, 4.69) is 41.3 Å². The third-order valence-electron chi connectivity index (χ3n) is 3.96. The van der Waals surface area contributed by atoms with Crippen LogP contribution < -0.4 is 29.3 Å². The molecule has 212 valence electrons. The number of quaternary nitrogens is 2. The van der Waals surface area contributed by atoms with E-state index < -0.39 is 33.4 Å². The van der Waals surface area contributed by atoms with E-state index in [0.29, 0.717) is 10.0 Å². The van der Waals surface area contributed by atoms with E-state index in [4.69, 9.17) is 16.0 Å². The number of nitrogens with one attached hydrogen (secondary N) is 2. The van der Waals surface area contributed by atoms with Crippen LogP contribution in [0, 0.1) is 13.8 Å². The quantitative estimate of drug-likeness (QED) is 0.161. The van der Waals surface area contributed by atoms with Crippen LogP contribution in [0.4, 0.5) is 21.6 Å². The second kappa shape index (κ2) is 13.4. The zero-order valence-electron chi connectivity index (χ0n) is 20.1. The number of sulfonamides is 2. The van der Waals surface area contributed by atoms with Crippen LogP contribution in [0.15, 0.2) is 58.3 Å². The summed E-state index contributed by atoms with van der Waals surface area (Å²) in [7, 11) is -7.17. The second-order valence-electron chi connectivity index (χ2n) is 7.16. The molecule has 2 aromatic heterocycles. The van der Waals surface area contributed by atoms with Crippen molar-refractivity contribution in [3.8, 4) is 0 Å². The Morgan fingerprint density at radius 3 is 1.18 bits per heavy atom.